The quantitative estimate of drug-likeness (QED) is 0.465. The average Bonchev–Trinajstić information content (AvgIpc) is 2.07. The lowest BCUT2D eigenvalue weighted by Crippen LogP contribution is -2.29. The van der Waals surface area contributed by atoms with E-state index < -0.39 is 10.0 Å². The summed E-state index contributed by atoms with van der Waals surface area (Å²) >= 11 is 0. The van der Waals surface area contributed by atoms with E-state index in [0.29, 0.717) is 19.0 Å². The zero-order valence-electron chi connectivity index (χ0n) is 8.70. The second kappa shape index (κ2) is 6.98. The topological polar surface area (TPSA) is 72.2 Å². The SMILES string of the molecule is C=CCCC(C)NCCCS(N)(=O)=O. The van der Waals surface area contributed by atoms with Crippen LogP contribution in [0.25, 0.3) is 0 Å². The first-order chi connectivity index (χ1) is 6.45. The van der Waals surface area contributed by atoms with Crippen LogP contribution < -0.4 is 10.5 Å². The summed E-state index contributed by atoms with van der Waals surface area (Å²) in [5.41, 5.74) is 0. The Hall–Kier alpha value is -0.390. The van der Waals surface area contributed by atoms with Crippen molar-refractivity contribution in [1.82, 2.24) is 5.32 Å². The zero-order valence-corrected chi connectivity index (χ0v) is 9.52. The minimum absolute atomic E-state index is 0.0498. The molecule has 84 valence electrons. The molecule has 14 heavy (non-hydrogen) atoms. The van der Waals surface area contributed by atoms with Gasteiger partial charge in [0.15, 0.2) is 0 Å². The van der Waals surface area contributed by atoms with Crippen molar-refractivity contribution in [3.63, 3.8) is 0 Å². The van der Waals surface area contributed by atoms with Crippen LogP contribution in [0.15, 0.2) is 12.7 Å². The van der Waals surface area contributed by atoms with Crippen LogP contribution in [0.5, 0.6) is 0 Å². The Labute approximate surface area is 86.6 Å². The smallest absolute Gasteiger partial charge is 0.209 e. The minimum Gasteiger partial charge on any atom is -0.314 e. The lowest BCUT2D eigenvalue weighted by Gasteiger charge is -2.11. The molecule has 0 aliphatic heterocycles. The molecule has 0 aromatic rings. The first-order valence-corrected chi connectivity index (χ1v) is 6.52. The van der Waals surface area contributed by atoms with Gasteiger partial charge < -0.3 is 5.32 Å². The summed E-state index contributed by atoms with van der Waals surface area (Å²) in [6.07, 6.45) is 4.45. The van der Waals surface area contributed by atoms with Crippen molar-refractivity contribution in [2.45, 2.75) is 32.2 Å². The van der Waals surface area contributed by atoms with Crippen molar-refractivity contribution in [3.05, 3.63) is 12.7 Å². The highest BCUT2D eigenvalue weighted by molar-refractivity contribution is 7.89. The largest absolute Gasteiger partial charge is 0.314 e. The molecular formula is C9H20N2O2S. The third-order valence-electron chi connectivity index (χ3n) is 1.90. The number of nitrogens with one attached hydrogen (secondary N) is 1. The zero-order chi connectivity index (χ0) is 11.0. The predicted molar refractivity (Wildman–Crippen MR) is 59.5 cm³/mol. The first kappa shape index (κ1) is 13.6. The van der Waals surface area contributed by atoms with Crippen LogP contribution in [0.2, 0.25) is 0 Å². The molecule has 0 spiro atoms. The number of hydrogen-bond donors (Lipinski definition) is 2. The summed E-state index contributed by atoms with van der Waals surface area (Å²) in [4.78, 5) is 0. The fraction of sp³-hybridized carbons (Fsp3) is 0.778. The van der Waals surface area contributed by atoms with Gasteiger partial charge in [-0.1, -0.05) is 6.08 Å². The van der Waals surface area contributed by atoms with Gasteiger partial charge in [0.1, 0.15) is 0 Å². The third kappa shape index (κ3) is 9.70. The lowest BCUT2D eigenvalue weighted by atomic mass is 10.2. The van der Waals surface area contributed by atoms with E-state index in [1.807, 2.05) is 6.08 Å². The average molecular weight is 220 g/mol. The van der Waals surface area contributed by atoms with E-state index in [9.17, 15) is 8.42 Å². The molecule has 0 heterocycles. The molecule has 0 aromatic heterocycles. The second-order valence-corrected chi connectivity index (χ2v) is 5.18. The maximum atomic E-state index is 10.6. The van der Waals surface area contributed by atoms with Crippen molar-refractivity contribution in [2.24, 2.45) is 5.14 Å². The Balaban J connectivity index is 3.40. The van der Waals surface area contributed by atoms with Gasteiger partial charge in [-0.3, -0.25) is 0 Å². The Kier molecular flexibility index (Phi) is 6.78. The first-order valence-electron chi connectivity index (χ1n) is 4.80. The standard InChI is InChI=1S/C9H20N2O2S/c1-3-4-6-9(2)11-7-5-8-14(10,12)13/h3,9,11H,1,4-8H2,2H3,(H2,10,12,13). The summed E-state index contributed by atoms with van der Waals surface area (Å²) in [5, 5.41) is 8.09. The van der Waals surface area contributed by atoms with Gasteiger partial charge in [-0.2, -0.15) is 0 Å². The van der Waals surface area contributed by atoms with Gasteiger partial charge in [-0.05, 0) is 32.7 Å². The fourth-order valence-corrected chi connectivity index (χ4v) is 1.64. The van der Waals surface area contributed by atoms with Crippen molar-refractivity contribution in [2.75, 3.05) is 12.3 Å². The van der Waals surface area contributed by atoms with Gasteiger partial charge in [0.2, 0.25) is 10.0 Å². The van der Waals surface area contributed by atoms with Crippen LogP contribution in [-0.4, -0.2) is 26.8 Å². The number of sulfonamides is 1. The van der Waals surface area contributed by atoms with Crippen LogP contribution in [-0.2, 0) is 10.0 Å². The van der Waals surface area contributed by atoms with Crippen LogP contribution in [0.4, 0.5) is 0 Å². The van der Waals surface area contributed by atoms with Gasteiger partial charge in [0, 0.05) is 6.04 Å². The second-order valence-electron chi connectivity index (χ2n) is 3.44. The number of nitrogens with two attached hydrogens (primary N) is 1. The van der Waals surface area contributed by atoms with Crippen LogP contribution >= 0.6 is 0 Å². The lowest BCUT2D eigenvalue weighted by molar-refractivity contribution is 0.515. The molecule has 0 fully saturated rings. The molecule has 1 unspecified atom stereocenters. The van der Waals surface area contributed by atoms with Crippen molar-refractivity contribution < 1.29 is 8.42 Å². The van der Waals surface area contributed by atoms with Gasteiger partial charge in [-0.25, -0.2) is 13.6 Å². The highest BCUT2D eigenvalue weighted by atomic mass is 32.2. The molecule has 0 radical (unpaired) electrons. The van der Waals surface area contributed by atoms with Crippen LogP contribution in [0, 0.1) is 0 Å². The Bertz CT molecular complexity index is 250. The van der Waals surface area contributed by atoms with Gasteiger partial charge >= 0.3 is 0 Å². The van der Waals surface area contributed by atoms with E-state index in [-0.39, 0.29) is 5.75 Å². The summed E-state index contributed by atoms with van der Waals surface area (Å²) in [7, 11) is -3.30. The highest BCUT2D eigenvalue weighted by Gasteiger charge is 2.03. The molecule has 0 rings (SSSR count). The molecule has 1 atom stereocenters. The number of hydrogen-bond acceptors (Lipinski definition) is 3. The van der Waals surface area contributed by atoms with E-state index in [1.54, 1.807) is 0 Å². The van der Waals surface area contributed by atoms with Gasteiger partial charge in [0.25, 0.3) is 0 Å². The van der Waals surface area contributed by atoms with Crippen molar-refractivity contribution in [1.29, 1.82) is 0 Å². The molecule has 3 N–H and O–H groups in total. The molecule has 0 bridgehead atoms. The van der Waals surface area contributed by atoms with Gasteiger partial charge in [0.05, 0.1) is 5.75 Å². The molecular weight excluding hydrogens is 200 g/mol. The maximum absolute atomic E-state index is 10.6. The number of rotatable bonds is 8. The normalized spacial score (nSPS) is 13.9. The fourth-order valence-electron chi connectivity index (χ4n) is 1.09. The molecule has 0 aliphatic rings. The molecule has 0 saturated heterocycles. The van der Waals surface area contributed by atoms with E-state index in [1.165, 1.54) is 0 Å². The Morgan fingerprint density at radius 1 is 1.57 bits per heavy atom. The summed E-state index contributed by atoms with van der Waals surface area (Å²) in [5.74, 6) is 0.0498. The van der Waals surface area contributed by atoms with Crippen LogP contribution in [0.3, 0.4) is 0 Å². The molecule has 0 saturated carbocycles. The molecule has 5 heteroatoms. The van der Waals surface area contributed by atoms with E-state index in [4.69, 9.17) is 5.14 Å². The van der Waals surface area contributed by atoms with Crippen molar-refractivity contribution >= 4 is 10.0 Å². The Morgan fingerprint density at radius 3 is 2.71 bits per heavy atom. The number of primary sulfonamides is 1. The summed E-state index contributed by atoms with van der Waals surface area (Å²) < 4.78 is 21.2. The van der Waals surface area contributed by atoms with Crippen molar-refractivity contribution in [3.8, 4) is 0 Å². The highest BCUT2D eigenvalue weighted by Crippen LogP contribution is 1.96. The number of allylic oxidation sites excluding steroid dienone is 1. The maximum Gasteiger partial charge on any atom is 0.209 e. The molecule has 4 nitrogen and oxygen atoms in total. The van der Waals surface area contributed by atoms with Crippen LogP contribution in [0.1, 0.15) is 26.2 Å². The van der Waals surface area contributed by atoms with Gasteiger partial charge in [-0.15, -0.1) is 6.58 Å². The van der Waals surface area contributed by atoms with E-state index in [2.05, 4.69) is 18.8 Å². The third-order valence-corrected chi connectivity index (χ3v) is 2.76. The summed E-state index contributed by atoms with van der Waals surface area (Å²) in [6.45, 7) is 6.40. The van der Waals surface area contributed by atoms with E-state index in [0.717, 1.165) is 12.8 Å². The monoisotopic (exact) mass is 220 g/mol. The Morgan fingerprint density at radius 2 is 2.21 bits per heavy atom. The summed E-state index contributed by atoms with van der Waals surface area (Å²) in [6, 6.07) is 0.397. The minimum atomic E-state index is -3.30. The van der Waals surface area contributed by atoms with E-state index >= 15 is 0 Å². The molecule has 0 aliphatic carbocycles. The molecule has 0 amide bonds. The molecule has 0 aromatic carbocycles. The predicted octanol–water partition coefficient (Wildman–Crippen LogP) is 0.609.